The standard InChI is InChI=1S/C11H10F2N4/c12-7-2-3-8(9(13)6-7)10(17-14)11-15-4-1-5-16-11/h1-6,10,17H,14H2. The van der Waals surface area contributed by atoms with Gasteiger partial charge in [0.05, 0.1) is 0 Å². The number of halogens is 2. The molecule has 0 spiro atoms. The van der Waals surface area contributed by atoms with E-state index in [-0.39, 0.29) is 5.56 Å². The molecule has 1 heterocycles. The van der Waals surface area contributed by atoms with Gasteiger partial charge in [-0.1, -0.05) is 6.07 Å². The van der Waals surface area contributed by atoms with Gasteiger partial charge in [-0.2, -0.15) is 0 Å². The number of aromatic nitrogens is 2. The Morgan fingerprint density at radius 1 is 1.18 bits per heavy atom. The predicted octanol–water partition coefficient (Wildman–Crippen LogP) is 1.31. The molecule has 0 aliphatic carbocycles. The van der Waals surface area contributed by atoms with Crippen molar-refractivity contribution in [3.8, 4) is 0 Å². The van der Waals surface area contributed by atoms with Crippen molar-refractivity contribution in [3.63, 3.8) is 0 Å². The van der Waals surface area contributed by atoms with Crippen LogP contribution in [0.5, 0.6) is 0 Å². The van der Waals surface area contributed by atoms with Crippen LogP contribution in [0.4, 0.5) is 8.78 Å². The highest BCUT2D eigenvalue weighted by molar-refractivity contribution is 5.26. The van der Waals surface area contributed by atoms with Gasteiger partial charge in [0, 0.05) is 24.0 Å². The fourth-order valence-electron chi connectivity index (χ4n) is 1.50. The third kappa shape index (κ3) is 2.43. The lowest BCUT2D eigenvalue weighted by molar-refractivity contribution is 0.530. The molecule has 1 aromatic heterocycles. The summed E-state index contributed by atoms with van der Waals surface area (Å²) in [5.41, 5.74) is 2.60. The highest BCUT2D eigenvalue weighted by Crippen LogP contribution is 2.21. The van der Waals surface area contributed by atoms with E-state index in [1.54, 1.807) is 6.07 Å². The summed E-state index contributed by atoms with van der Waals surface area (Å²) in [5, 5.41) is 0. The summed E-state index contributed by atoms with van der Waals surface area (Å²) in [6.07, 6.45) is 3.04. The van der Waals surface area contributed by atoms with Crippen molar-refractivity contribution in [2.45, 2.75) is 6.04 Å². The van der Waals surface area contributed by atoms with Gasteiger partial charge in [0.2, 0.25) is 0 Å². The summed E-state index contributed by atoms with van der Waals surface area (Å²) in [7, 11) is 0. The van der Waals surface area contributed by atoms with Crippen LogP contribution >= 0.6 is 0 Å². The summed E-state index contributed by atoms with van der Waals surface area (Å²) >= 11 is 0. The smallest absolute Gasteiger partial charge is 0.151 e. The minimum absolute atomic E-state index is 0.195. The number of nitrogens with zero attached hydrogens (tertiary/aromatic N) is 2. The minimum Gasteiger partial charge on any atom is -0.270 e. The second-order valence-electron chi connectivity index (χ2n) is 3.37. The Kier molecular flexibility index (Phi) is 3.36. The molecule has 0 bridgehead atoms. The zero-order valence-electron chi connectivity index (χ0n) is 8.77. The molecule has 17 heavy (non-hydrogen) atoms. The van der Waals surface area contributed by atoms with Gasteiger partial charge in [-0.25, -0.2) is 24.2 Å². The highest BCUT2D eigenvalue weighted by atomic mass is 19.1. The summed E-state index contributed by atoms with van der Waals surface area (Å²) in [4.78, 5) is 7.95. The number of hydrogen-bond donors (Lipinski definition) is 2. The molecule has 2 rings (SSSR count). The van der Waals surface area contributed by atoms with E-state index < -0.39 is 17.7 Å². The van der Waals surface area contributed by atoms with Crippen LogP contribution in [0.15, 0.2) is 36.7 Å². The summed E-state index contributed by atoms with van der Waals surface area (Å²) in [6.45, 7) is 0. The molecular formula is C11H10F2N4. The lowest BCUT2D eigenvalue weighted by Gasteiger charge is -2.15. The van der Waals surface area contributed by atoms with Gasteiger partial charge in [-0.3, -0.25) is 5.84 Å². The summed E-state index contributed by atoms with van der Waals surface area (Å²) in [6, 6.07) is 4.19. The first-order valence-electron chi connectivity index (χ1n) is 4.90. The molecule has 0 aliphatic heterocycles. The normalized spacial score (nSPS) is 12.4. The van der Waals surface area contributed by atoms with Crippen molar-refractivity contribution in [3.05, 3.63) is 59.7 Å². The lowest BCUT2D eigenvalue weighted by Crippen LogP contribution is -2.30. The Hall–Kier alpha value is -1.92. The molecule has 0 saturated carbocycles. The predicted molar refractivity (Wildman–Crippen MR) is 57.6 cm³/mol. The Bertz CT molecular complexity index is 504. The number of nitrogens with two attached hydrogens (primary N) is 1. The fraction of sp³-hybridized carbons (Fsp3) is 0.0909. The summed E-state index contributed by atoms with van der Waals surface area (Å²) in [5.74, 6) is 4.34. The maximum absolute atomic E-state index is 13.6. The Balaban J connectivity index is 2.42. The molecule has 0 aliphatic rings. The molecule has 1 unspecified atom stereocenters. The SMILES string of the molecule is NNC(c1ncccn1)c1ccc(F)cc1F. The van der Waals surface area contributed by atoms with Crippen molar-refractivity contribution in [1.29, 1.82) is 0 Å². The van der Waals surface area contributed by atoms with E-state index in [0.29, 0.717) is 5.82 Å². The molecule has 6 heteroatoms. The molecule has 88 valence electrons. The van der Waals surface area contributed by atoms with E-state index in [1.807, 2.05) is 0 Å². The Morgan fingerprint density at radius 3 is 2.47 bits per heavy atom. The van der Waals surface area contributed by atoms with Crippen LogP contribution in [0.25, 0.3) is 0 Å². The molecule has 0 saturated heterocycles. The lowest BCUT2D eigenvalue weighted by atomic mass is 10.1. The highest BCUT2D eigenvalue weighted by Gasteiger charge is 2.19. The molecule has 0 amide bonds. The average Bonchev–Trinajstić information content (AvgIpc) is 2.34. The van der Waals surface area contributed by atoms with E-state index in [9.17, 15) is 8.78 Å². The molecule has 0 radical (unpaired) electrons. The second kappa shape index (κ2) is 4.94. The maximum Gasteiger partial charge on any atom is 0.151 e. The van der Waals surface area contributed by atoms with Gasteiger partial charge in [-0.05, 0) is 12.1 Å². The number of nitrogens with one attached hydrogen (secondary N) is 1. The Labute approximate surface area is 96.5 Å². The van der Waals surface area contributed by atoms with Crippen LogP contribution in [-0.4, -0.2) is 9.97 Å². The molecule has 3 N–H and O–H groups in total. The first kappa shape index (κ1) is 11.6. The van der Waals surface area contributed by atoms with Crippen LogP contribution in [0.1, 0.15) is 17.4 Å². The second-order valence-corrected chi connectivity index (χ2v) is 3.37. The van der Waals surface area contributed by atoms with Crippen LogP contribution in [0.3, 0.4) is 0 Å². The maximum atomic E-state index is 13.6. The van der Waals surface area contributed by atoms with Crippen molar-refractivity contribution in [2.24, 2.45) is 5.84 Å². The van der Waals surface area contributed by atoms with E-state index in [4.69, 9.17) is 5.84 Å². The number of hydrogen-bond acceptors (Lipinski definition) is 4. The van der Waals surface area contributed by atoms with E-state index in [2.05, 4.69) is 15.4 Å². The van der Waals surface area contributed by atoms with Crippen LogP contribution < -0.4 is 11.3 Å². The molecular weight excluding hydrogens is 226 g/mol. The fourth-order valence-corrected chi connectivity index (χ4v) is 1.50. The van der Waals surface area contributed by atoms with Crippen molar-refractivity contribution >= 4 is 0 Å². The molecule has 1 atom stereocenters. The molecule has 2 aromatic rings. The van der Waals surface area contributed by atoms with Gasteiger partial charge in [0.15, 0.2) is 5.82 Å². The van der Waals surface area contributed by atoms with E-state index >= 15 is 0 Å². The van der Waals surface area contributed by atoms with Gasteiger partial charge in [-0.15, -0.1) is 0 Å². The number of benzene rings is 1. The van der Waals surface area contributed by atoms with Gasteiger partial charge in [0.1, 0.15) is 17.7 Å². The third-order valence-corrected chi connectivity index (χ3v) is 2.28. The first-order chi connectivity index (χ1) is 8.22. The third-order valence-electron chi connectivity index (χ3n) is 2.28. The van der Waals surface area contributed by atoms with E-state index in [1.165, 1.54) is 18.5 Å². The largest absolute Gasteiger partial charge is 0.270 e. The van der Waals surface area contributed by atoms with Crippen molar-refractivity contribution in [2.75, 3.05) is 0 Å². The van der Waals surface area contributed by atoms with Crippen molar-refractivity contribution in [1.82, 2.24) is 15.4 Å². The Morgan fingerprint density at radius 2 is 1.88 bits per heavy atom. The molecule has 4 nitrogen and oxygen atoms in total. The minimum atomic E-state index is -0.711. The quantitative estimate of drug-likeness (QED) is 0.623. The molecule has 0 fully saturated rings. The van der Waals surface area contributed by atoms with Gasteiger partial charge < -0.3 is 0 Å². The zero-order valence-corrected chi connectivity index (χ0v) is 8.77. The number of hydrazine groups is 1. The van der Waals surface area contributed by atoms with Crippen LogP contribution in [0.2, 0.25) is 0 Å². The van der Waals surface area contributed by atoms with Crippen molar-refractivity contribution < 1.29 is 8.78 Å². The van der Waals surface area contributed by atoms with Crippen LogP contribution in [0, 0.1) is 11.6 Å². The average molecular weight is 236 g/mol. The van der Waals surface area contributed by atoms with E-state index in [0.717, 1.165) is 12.1 Å². The van der Waals surface area contributed by atoms with Crippen LogP contribution in [-0.2, 0) is 0 Å². The molecule has 1 aromatic carbocycles. The number of rotatable bonds is 3. The summed E-state index contributed by atoms with van der Waals surface area (Å²) < 4.78 is 26.4. The zero-order chi connectivity index (χ0) is 12.3. The topological polar surface area (TPSA) is 63.8 Å². The van der Waals surface area contributed by atoms with Gasteiger partial charge in [0.25, 0.3) is 0 Å². The first-order valence-corrected chi connectivity index (χ1v) is 4.90. The monoisotopic (exact) mass is 236 g/mol. The van der Waals surface area contributed by atoms with Gasteiger partial charge >= 0.3 is 0 Å².